The normalized spacial score (nSPS) is 12.7. The maximum atomic E-state index is 5.84. The number of rotatable bonds is 20. The van der Waals surface area contributed by atoms with E-state index in [4.69, 9.17) is 35.4 Å². The zero-order valence-electron chi connectivity index (χ0n) is 24.2. The van der Waals surface area contributed by atoms with E-state index in [1.54, 1.807) is 0 Å². The second kappa shape index (κ2) is 21.2. The Kier molecular flexibility index (Phi) is 22.6. The molecule has 0 aromatic rings. The molecule has 0 aromatic carbocycles. The Morgan fingerprint density at radius 3 is 0.735 bits per heavy atom. The van der Waals surface area contributed by atoms with Crippen LogP contribution in [-0.2, 0) is 35.4 Å². The minimum absolute atomic E-state index is 0.0120. The molecule has 208 valence electrons. The molecule has 0 aliphatic carbocycles. The molecule has 0 radical (unpaired) electrons. The smallest absolute Gasteiger partial charge is 0.351 e. The molecule has 0 rings (SSSR count). The third-order valence-corrected chi connectivity index (χ3v) is 8.72. The predicted molar refractivity (Wildman–Crippen MR) is 141 cm³/mol. The van der Waals surface area contributed by atoms with E-state index in [9.17, 15) is 0 Å². The van der Waals surface area contributed by atoms with Crippen LogP contribution in [0.2, 0.25) is 0 Å². The van der Waals surface area contributed by atoms with Gasteiger partial charge in [0, 0.05) is 50.8 Å². The monoisotopic (exact) mass is 528 g/mol. The minimum atomic E-state index is -3.05. The predicted octanol–water partition coefficient (Wildman–Crippen LogP) is 6.25. The summed E-state index contributed by atoms with van der Waals surface area (Å²) < 4.78 is 46.4. The van der Waals surface area contributed by atoms with Gasteiger partial charge in [-0.05, 0) is 81.1 Å². The fraction of sp³-hybridized carbons (Fsp3) is 1.00. The van der Waals surface area contributed by atoms with E-state index < -0.39 is 18.1 Å². The third-order valence-electron chi connectivity index (χ3n) is 3.45. The maximum Gasteiger partial charge on any atom is 0.680 e. The van der Waals surface area contributed by atoms with Crippen molar-refractivity contribution < 1.29 is 35.4 Å². The lowest BCUT2D eigenvalue weighted by Crippen LogP contribution is -2.54. The van der Waals surface area contributed by atoms with Crippen LogP contribution in [0.3, 0.4) is 0 Å². The van der Waals surface area contributed by atoms with Crippen LogP contribution in [0.1, 0.15) is 109 Å². The molecule has 0 N–H and O–H groups in total. The van der Waals surface area contributed by atoms with E-state index in [1.165, 1.54) is 0 Å². The van der Waals surface area contributed by atoms with E-state index in [0.717, 1.165) is 25.7 Å². The maximum absolute atomic E-state index is 5.84. The van der Waals surface area contributed by atoms with Crippen molar-refractivity contribution in [3.63, 3.8) is 0 Å². The summed E-state index contributed by atoms with van der Waals surface area (Å²) in [7, 11) is -5.93. The molecule has 10 heteroatoms. The van der Waals surface area contributed by atoms with Crippen molar-refractivity contribution in [1.82, 2.24) is 0 Å². The number of hydrogen-bond donors (Lipinski definition) is 0. The Morgan fingerprint density at radius 1 is 0.382 bits per heavy atom. The molecule has 0 aliphatic heterocycles. The van der Waals surface area contributed by atoms with Gasteiger partial charge in [-0.15, -0.1) is 0 Å². The van der Waals surface area contributed by atoms with Crippen molar-refractivity contribution in [2.24, 2.45) is 0 Å². The molecule has 0 aromatic heterocycles. The molecule has 0 amide bonds. The van der Waals surface area contributed by atoms with Crippen LogP contribution in [-0.4, -0.2) is 68.9 Å². The van der Waals surface area contributed by atoms with E-state index in [1.807, 2.05) is 55.4 Å². The van der Waals surface area contributed by atoms with Gasteiger partial charge in [0.2, 0.25) is 0 Å². The van der Waals surface area contributed by atoms with Crippen LogP contribution in [0, 0.1) is 0 Å². The fourth-order valence-corrected chi connectivity index (χ4v) is 7.44. The Balaban J connectivity index is 0. The zero-order chi connectivity index (χ0) is 26.6. The van der Waals surface area contributed by atoms with Crippen LogP contribution in [0.15, 0.2) is 0 Å². The summed E-state index contributed by atoms with van der Waals surface area (Å²) in [6.07, 6.45) is 3.81. The van der Waals surface area contributed by atoms with Crippen LogP contribution in [0.25, 0.3) is 0 Å². The molecule has 0 fully saturated rings. The van der Waals surface area contributed by atoms with Crippen molar-refractivity contribution in [3.8, 4) is 0 Å². The first-order chi connectivity index (χ1) is 15.9. The fourth-order valence-electron chi connectivity index (χ4n) is 2.48. The Labute approximate surface area is 213 Å². The third kappa shape index (κ3) is 19.3. The van der Waals surface area contributed by atoms with Gasteiger partial charge in [-0.1, -0.05) is 27.7 Å². The molecular weight excluding hydrogens is 472 g/mol. The molecule has 0 aliphatic rings. The van der Waals surface area contributed by atoms with Crippen molar-refractivity contribution >= 4 is 18.1 Å². The van der Waals surface area contributed by atoms with Gasteiger partial charge in [0.25, 0.3) is 0 Å². The first-order valence-corrected chi connectivity index (χ1v) is 16.4. The first kappa shape index (κ1) is 36.3. The van der Waals surface area contributed by atoms with Crippen molar-refractivity contribution in [1.29, 1.82) is 0 Å². The summed E-state index contributed by atoms with van der Waals surface area (Å²) in [5.74, 6) is 0. The minimum Gasteiger partial charge on any atom is -0.351 e. The summed E-state index contributed by atoms with van der Waals surface area (Å²) in [6.45, 7) is 26.4. The van der Waals surface area contributed by atoms with Gasteiger partial charge in [-0.2, -0.15) is 0 Å². The lowest BCUT2D eigenvalue weighted by atomic mass is 10.5. The standard InChI is InChI=1S/2C12H28O4Si/c1-9(2)13-17(14-10(3)4,15-11(5)6)16-12(7)8;1-5-9-13-17(14-10-6-2,15-11-7-3)16-12-8-4/h9-12H,1-8H3;5-12H2,1-4H3. The highest BCUT2D eigenvalue weighted by molar-refractivity contribution is 6.54. The summed E-state index contributed by atoms with van der Waals surface area (Å²) >= 11 is 0. The molecular formula is C24H56O8Si2. The average molecular weight is 529 g/mol. The van der Waals surface area contributed by atoms with Gasteiger partial charge in [0.15, 0.2) is 0 Å². The van der Waals surface area contributed by atoms with Crippen molar-refractivity contribution in [3.05, 3.63) is 0 Å². The highest BCUT2D eigenvalue weighted by Crippen LogP contribution is 2.20. The Bertz CT molecular complexity index is 368. The van der Waals surface area contributed by atoms with Gasteiger partial charge >= 0.3 is 18.1 Å². The second-order valence-electron chi connectivity index (χ2n) is 9.06. The van der Waals surface area contributed by atoms with Crippen LogP contribution < -0.4 is 0 Å². The molecule has 0 heterocycles. The quantitative estimate of drug-likeness (QED) is 0.172. The molecule has 0 saturated carbocycles. The highest BCUT2D eigenvalue weighted by atomic mass is 28.4. The van der Waals surface area contributed by atoms with Gasteiger partial charge in [-0.3, -0.25) is 0 Å². The second-order valence-corrected chi connectivity index (χ2v) is 13.2. The van der Waals surface area contributed by atoms with Crippen molar-refractivity contribution in [2.75, 3.05) is 26.4 Å². The van der Waals surface area contributed by atoms with E-state index in [0.29, 0.717) is 26.4 Å². The summed E-state index contributed by atoms with van der Waals surface area (Å²) in [5, 5.41) is 0. The van der Waals surface area contributed by atoms with E-state index in [2.05, 4.69) is 27.7 Å². The zero-order valence-corrected chi connectivity index (χ0v) is 26.2. The summed E-state index contributed by atoms with van der Waals surface area (Å²) in [5.41, 5.74) is 0. The molecule has 0 spiro atoms. The highest BCUT2D eigenvalue weighted by Gasteiger charge is 2.49. The largest absolute Gasteiger partial charge is 0.680 e. The Morgan fingerprint density at radius 2 is 0.588 bits per heavy atom. The van der Waals surface area contributed by atoms with E-state index >= 15 is 0 Å². The lowest BCUT2D eigenvalue weighted by Gasteiger charge is -2.33. The first-order valence-electron chi connectivity index (χ1n) is 13.2. The van der Waals surface area contributed by atoms with Crippen molar-refractivity contribution in [2.45, 2.75) is 133 Å². The molecule has 0 unspecified atom stereocenters. The van der Waals surface area contributed by atoms with Crippen LogP contribution in [0.4, 0.5) is 0 Å². The summed E-state index contributed by atoms with van der Waals surface area (Å²) in [6, 6.07) is 0. The Hall–Kier alpha value is 0.114. The topological polar surface area (TPSA) is 73.8 Å². The molecule has 0 atom stereocenters. The number of hydrogen-bond acceptors (Lipinski definition) is 8. The summed E-state index contributed by atoms with van der Waals surface area (Å²) in [4.78, 5) is 0. The lowest BCUT2D eigenvalue weighted by molar-refractivity contribution is -0.0858. The molecule has 0 saturated heterocycles. The van der Waals surface area contributed by atoms with Gasteiger partial charge in [0.1, 0.15) is 0 Å². The van der Waals surface area contributed by atoms with Crippen LogP contribution in [0.5, 0.6) is 0 Å². The molecule has 34 heavy (non-hydrogen) atoms. The van der Waals surface area contributed by atoms with Gasteiger partial charge in [-0.25, -0.2) is 0 Å². The van der Waals surface area contributed by atoms with Crippen LogP contribution >= 0.6 is 0 Å². The SMILES string of the molecule is CC(C)O[Si](OC(C)C)(OC(C)C)OC(C)C.CCCO[Si](OCCC)(OCCC)OCCC. The van der Waals surface area contributed by atoms with E-state index in [-0.39, 0.29) is 24.4 Å². The molecule has 0 bridgehead atoms. The van der Waals surface area contributed by atoms with Gasteiger partial charge < -0.3 is 35.4 Å². The average Bonchev–Trinajstić information content (AvgIpc) is 2.71. The molecule has 8 nitrogen and oxygen atoms in total. The van der Waals surface area contributed by atoms with Gasteiger partial charge in [0.05, 0.1) is 0 Å².